The summed E-state index contributed by atoms with van der Waals surface area (Å²) in [4.78, 5) is 4.04. The smallest absolute Gasteiger partial charge is 0.0331 e. The molecular formula is C17H21NS. The molecule has 0 N–H and O–H groups in total. The molecule has 1 aromatic heterocycles. The molecule has 0 radical (unpaired) electrons. The van der Waals surface area contributed by atoms with Crippen molar-refractivity contribution in [2.45, 2.75) is 39.3 Å². The molecule has 100 valence electrons. The molecule has 3 rings (SSSR count). The first kappa shape index (κ1) is 12.9. The molecule has 0 aliphatic carbocycles. The molecule has 0 spiro atoms. The highest BCUT2D eigenvalue weighted by Crippen LogP contribution is 2.28. The lowest BCUT2D eigenvalue weighted by Gasteiger charge is -2.30. The van der Waals surface area contributed by atoms with Crippen LogP contribution in [0, 0.1) is 0 Å². The maximum Gasteiger partial charge on any atom is 0.0331 e. The Hall–Kier alpha value is -1.12. The fourth-order valence-electron chi connectivity index (χ4n) is 3.00. The molecule has 19 heavy (non-hydrogen) atoms. The fraction of sp³-hybridized carbons (Fsp3) is 0.412. The fourth-order valence-corrected chi connectivity index (χ4v) is 3.74. The Morgan fingerprint density at radius 3 is 2.84 bits per heavy atom. The van der Waals surface area contributed by atoms with Gasteiger partial charge in [-0.05, 0) is 40.5 Å². The molecule has 1 aliphatic heterocycles. The van der Waals surface area contributed by atoms with E-state index in [2.05, 4.69) is 54.5 Å². The van der Waals surface area contributed by atoms with Crippen LogP contribution in [-0.2, 0) is 19.5 Å². The van der Waals surface area contributed by atoms with Gasteiger partial charge in [0.05, 0.1) is 0 Å². The molecule has 2 heterocycles. The SMILES string of the molecule is CC(C)c1cccc2c1CCN(Cc1cccs1)C2. The second-order valence-corrected chi connectivity index (χ2v) is 6.71. The van der Waals surface area contributed by atoms with Crippen molar-refractivity contribution >= 4 is 11.3 Å². The highest BCUT2D eigenvalue weighted by molar-refractivity contribution is 7.09. The summed E-state index contributed by atoms with van der Waals surface area (Å²) in [6, 6.07) is 11.2. The number of nitrogens with zero attached hydrogens (tertiary/aromatic N) is 1. The van der Waals surface area contributed by atoms with E-state index >= 15 is 0 Å². The topological polar surface area (TPSA) is 3.24 Å². The Labute approximate surface area is 119 Å². The molecule has 0 saturated heterocycles. The minimum Gasteiger partial charge on any atom is -0.294 e. The van der Waals surface area contributed by atoms with Crippen LogP contribution in [0.2, 0.25) is 0 Å². The van der Waals surface area contributed by atoms with Crippen LogP contribution >= 0.6 is 11.3 Å². The Bertz CT molecular complexity index is 542. The van der Waals surface area contributed by atoms with Gasteiger partial charge < -0.3 is 0 Å². The monoisotopic (exact) mass is 271 g/mol. The number of rotatable bonds is 3. The molecule has 0 saturated carbocycles. The summed E-state index contributed by atoms with van der Waals surface area (Å²) in [6.07, 6.45) is 1.20. The predicted octanol–water partition coefficient (Wildman–Crippen LogP) is 4.43. The Balaban J connectivity index is 1.79. The molecular weight excluding hydrogens is 250 g/mol. The minimum atomic E-state index is 0.638. The second kappa shape index (κ2) is 5.48. The number of fused-ring (bicyclic) bond motifs is 1. The number of hydrogen-bond acceptors (Lipinski definition) is 2. The largest absolute Gasteiger partial charge is 0.294 e. The summed E-state index contributed by atoms with van der Waals surface area (Å²) in [6.45, 7) is 7.99. The first-order chi connectivity index (χ1) is 9.24. The average Bonchev–Trinajstić information content (AvgIpc) is 2.90. The van der Waals surface area contributed by atoms with Crippen molar-refractivity contribution in [1.82, 2.24) is 4.90 Å². The quantitative estimate of drug-likeness (QED) is 0.798. The lowest BCUT2D eigenvalue weighted by Crippen LogP contribution is -2.30. The van der Waals surface area contributed by atoms with E-state index in [1.165, 1.54) is 23.4 Å². The van der Waals surface area contributed by atoms with Gasteiger partial charge in [0, 0.05) is 24.5 Å². The van der Waals surface area contributed by atoms with Crippen LogP contribution in [0.1, 0.15) is 41.3 Å². The number of thiophene rings is 1. The first-order valence-corrected chi connectivity index (χ1v) is 7.97. The predicted molar refractivity (Wildman–Crippen MR) is 82.7 cm³/mol. The van der Waals surface area contributed by atoms with E-state index in [0.717, 1.165) is 13.1 Å². The van der Waals surface area contributed by atoms with Crippen LogP contribution in [0.4, 0.5) is 0 Å². The maximum atomic E-state index is 2.57. The van der Waals surface area contributed by atoms with Gasteiger partial charge in [-0.2, -0.15) is 0 Å². The van der Waals surface area contributed by atoms with Crippen molar-refractivity contribution in [3.05, 3.63) is 57.3 Å². The van der Waals surface area contributed by atoms with Gasteiger partial charge >= 0.3 is 0 Å². The minimum absolute atomic E-state index is 0.638. The molecule has 0 atom stereocenters. The standard InChI is InChI=1S/C17H21NS/c1-13(2)16-7-3-5-14-11-18(9-8-17(14)16)12-15-6-4-10-19-15/h3-7,10,13H,8-9,11-12H2,1-2H3. The Morgan fingerprint density at radius 2 is 2.11 bits per heavy atom. The van der Waals surface area contributed by atoms with Gasteiger partial charge in [-0.3, -0.25) is 4.90 Å². The summed E-state index contributed by atoms with van der Waals surface area (Å²) < 4.78 is 0. The molecule has 1 aromatic carbocycles. The van der Waals surface area contributed by atoms with Crippen LogP contribution in [0.15, 0.2) is 35.7 Å². The maximum absolute atomic E-state index is 2.57. The lowest BCUT2D eigenvalue weighted by molar-refractivity contribution is 0.247. The summed E-state index contributed by atoms with van der Waals surface area (Å²) in [7, 11) is 0. The molecule has 0 fully saturated rings. The van der Waals surface area contributed by atoms with Gasteiger partial charge in [0.15, 0.2) is 0 Å². The zero-order chi connectivity index (χ0) is 13.2. The third-order valence-corrected chi connectivity index (χ3v) is 4.82. The zero-order valence-corrected chi connectivity index (χ0v) is 12.5. The van der Waals surface area contributed by atoms with E-state index < -0.39 is 0 Å². The second-order valence-electron chi connectivity index (χ2n) is 5.68. The van der Waals surface area contributed by atoms with Crippen molar-refractivity contribution in [3.8, 4) is 0 Å². The lowest BCUT2D eigenvalue weighted by atomic mass is 9.89. The summed E-state index contributed by atoms with van der Waals surface area (Å²) >= 11 is 1.86. The zero-order valence-electron chi connectivity index (χ0n) is 11.7. The number of benzene rings is 1. The summed E-state index contributed by atoms with van der Waals surface area (Å²) in [5.74, 6) is 0.638. The van der Waals surface area contributed by atoms with Gasteiger partial charge in [-0.15, -0.1) is 11.3 Å². The molecule has 1 aliphatic rings. The van der Waals surface area contributed by atoms with Crippen molar-refractivity contribution in [2.24, 2.45) is 0 Å². The van der Waals surface area contributed by atoms with E-state index in [1.54, 1.807) is 11.1 Å². The van der Waals surface area contributed by atoms with Gasteiger partial charge in [0.2, 0.25) is 0 Å². The van der Waals surface area contributed by atoms with E-state index in [4.69, 9.17) is 0 Å². The molecule has 1 nitrogen and oxygen atoms in total. The van der Waals surface area contributed by atoms with E-state index in [9.17, 15) is 0 Å². The van der Waals surface area contributed by atoms with Gasteiger partial charge in [0.25, 0.3) is 0 Å². The van der Waals surface area contributed by atoms with Crippen LogP contribution in [0.5, 0.6) is 0 Å². The van der Waals surface area contributed by atoms with Gasteiger partial charge in [-0.1, -0.05) is 38.1 Å². The highest BCUT2D eigenvalue weighted by Gasteiger charge is 2.19. The molecule has 0 bridgehead atoms. The molecule has 2 aromatic rings. The van der Waals surface area contributed by atoms with Crippen molar-refractivity contribution < 1.29 is 0 Å². The number of hydrogen-bond donors (Lipinski definition) is 0. The van der Waals surface area contributed by atoms with E-state index in [-0.39, 0.29) is 0 Å². The van der Waals surface area contributed by atoms with Crippen LogP contribution in [-0.4, -0.2) is 11.4 Å². The average molecular weight is 271 g/mol. The normalized spacial score (nSPS) is 15.7. The third kappa shape index (κ3) is 2.75. The van der Waals surface area contributed by atoms with E-state index in [1.807, 2.05) is 11.3 Å². The van der Waals surface area contributed by atoms with Crippen LogP contribution in [0.25, 0.3) is 0 Å². The van der Waals surface area contributed by atoms with Crippen LogP contribution < -0.4 is 0 Å². The Morgan fingerprint density at radius 1 is 1.21 bits per heavy atom. The molecule has 0 unspecified atom stereocenters. The van der Waals surface area contributed by atoms with Gasteiger partial charge in [-0.25, -0.2) is 0 Å². The van der Waals surface area contributed by atoms with Crippen LogP contribution in [0.3, 0.4) is 0 Å². The van der Waals surface area contributed by atoms with Gasteiger partial charge in [0.1, 0.15) is 0 Å². The van der Waals surface area contributed by atoms with Crippen molar-refractivity contribution in [1.29, 1.82) is 0 Å². The van der Waals surface area contributed by atoms with Crippen molar-refractivity contribution in [3.63, 3.8) is 0 Å². The summed E-state index contributed by atoms with van der Waals surface area (Å²) in [5, 5.41) is 2.17. The Kier molecular flexibility index (Phi) is 3.72. The van der Waals surface area contributed by atoms with E-state index in [0.29, 0.717) is 5.92 Å². The molecule has 2 heteroatoms. The molecule has 0 amide bonds. The summed E-state index contributed by atoms with van der Waals surface area (Å²) in [5.41, 5.74) is 4.70. The first-order valence-electron chi connectivity index (χ1n) is 7.09. The third-order valence-electron chi connectivity index (χ3n) is 3.96. The highest BCUT2D eigenvalue weighted by atomic mass is 32.1. The van der Waals surface area contributed by atoms with Crippen molar-refractivity contribution in [2.75, 3.05) is 6.54 Å².